The third-order valence-electron chi connectivity index (χ3n) is 5.80. The molecule has 1 fully saturated rings. The molecule has 1 unspecified atom stereocenters. The number of rotatable bonds is 6. The molecule has 0 amide bonds. The van der Waals surface area contributed by atoms with Crippen LogP contribution in [0.15, 0.2) is 40.4 Å². The number of halogens is 1. The van der Waals surface area contributed by atoms with Crippen molar-refractivity contribution in [3.63, 3.8) is 0 Å². The number of aliphatic imine (C=N–C) groups is 2. The van der Waals surface area contributed by atoms with Crippen LogP contribution in [-0.4, -0.2) is 47.0 Å². The highest BCUT2D eigenvalue weighted by Crippen LogP contribution is 2.34. The van der Waals surface area contributed by atoms with E-state index in [1.165, 1.54) is 0 Å². The van der Waals surface area contributed by atoms with Crippen LogP contribution in [-0.2, 0) is 6.42 Å². The molecule has 1 atom stereocenters. The van der Waals surface area contributed by atoms with Gasteiger partial charge in [-0.3, -0.25) is 9.98 Å². The Hall–Kier alpha value is -2.93. The Morgan fingerprint density at radius 1 is 1.19 bits per heavy atom. The molecule has 0 bridgehead atoms. The molecule has 31 heavy (non-hydrogen) atoms. The lowest BCUT2D eigenvalue weighted by Crippen LogP contribution is -2.30. The van der Waals surface area contributed by atoms with E-state index in [0.717, 1.165) is 41.8 Å². The Labute approximate surface area is 187 Å². The highest BCUT2D eigenvalue weighted by atomic mass is 35.5. The third-order valence-corrected chi connectivity index (χ3v) is 6.13. The second-order valence-electron chi connectivity index (χ2n) is 7.92. The summed E-state index contributed by atoms with van der Waals surface area (Å²) in [6.07, 6.45) is 5.85. The first-order valence-corrected chi connectivity index (χ1v) is 10.8. The van der Waals surface area contributed by atoms with E-state index in [9.17, 15) is 0 Å². The Kier molecular flexibility index (Phi) is 6.23. The number of aromatic nitrogens is 2. The summed E-state index contributed by atoms with van der Waals surface area (Å²) in [6.45, 7) is 0. The van der Waals surface area contributed by atoms with Crippen molar-refractivity contribution in [3.8, 4) is 0 Å². The van der Waals surface area contributed by atoms with Crippen molar-refractivity contribution in [3.05, 3.63) is 52.3 Å². The molecule has 2 aliphatic rings. The zero-order valence-corrected chi connectivity index (χ0v) is 18.5. The van der Waals surface area contributed by atoms with Gasteiger partial charge < -0.3 is 16.1 Å². The van der Waals surface area contributed by atoms with E-state index in [-0.39, 0.29) is 5.92 Å². The molecule has 1 aromatic heterocycles. The van der Waals surface area contributed by atoms with Crippen molar-refractivity contribution >= 4 is 40.5 Å². The van der Waals surface area contributed by atoms with E-state index >= 15 is 0 Å². The summed E-state index contributed by atoms with van der Waals surface area (Å²) in [7, 11) is 3.44. The summed E-state index contributed by atoms with van der Waals surface area (Å²) >= 11 is 6.46. The minimum Gasteiger partial charge on any atom is -0.312 e. The maximum Gasteiger partial charge on any atom is 0.228 e. The number of benzene rings is 1. The van der Waals surface area contributed by atoms with Gasteiger partial charge in [0.15, 0.2) is 0 Å². The molecule has 0 saturated heterocycles. The fourth-order valence-electron chi connectivity index (χ4n) is 3.93. The monoisotopic (exact) mass is 435 g/mol. The first kappa shape index (κ1) is 21.3. The summed E-state index contributed by atoms with van der Waals surface area (Å²) in [6, 6.07) is 7.57. The standard InChI is InChI=1S/C23H26ClN7/c1-27-19(11-18(26)13-7-8-13)30-23-29-12-14-9-10-17(25)20(21(14)31-23)22(28-2)15-5-3-4-6-16(15)24/h3-6,12-13,20,25-26H,7-11H2,1-2H3,(H,27,29,30,31). The SMILES string of the molecule is CN=C(CC(=N)C1CC1)Nc1ncc2c(n1)C(C(=NC)c1ccccc1Cl)C(=N)CC2. The average molecular weight is 436 g/mol. The van der Waals surface area contributed by atoms with Crippen LogP contribution in [0, 0.1) is 16.7 Å². The van der Waals surface area contributed by atoms with Gasteiger partial charge in [-0.05, 0) is 43.2 Å². The highest BCUT2D eigenvalue weighted by molar-refractivity contribution is 6.35. The van der Waals surface area contributed by atoms with Crippen LogP contribution in [0.2, 0.25) is 5.02 Å². The number of amidine groups is 1. The summed E-state index contributed by atoms with van der Waals surface area (Å²) in [4.78, 5) is 18.1. The lowest BCUT2D eigenvalue weighted by atomic mass is 9.80. The molecule has 2 aromatic rings. The van der Waals surface area contributed by atoms with Crippen LogP contribution in [0.1, 0.15) is 48.4 Å². The van der Waals surface area contributed by atoms with E-state index < -0.39 is 0 Å². The lowest BCUT2D eigenvalue weighted by Gasteiger charge is -2.27. The maximum absolute atomic E-state index is 8.67. The molecule has 0 aliphatic heterocycles. The second kappa shape index (κ2) is 9.06. The summed E-state index contributed by atoms with van der Waals surface area (Å²) < 4.78 is 0. The van der Waals surface area contributed by atoms with Crippen molar-refractivity contribution in [2.45, 2.75) is 38.0 Å². The van der Waals surface area contributed by atoms with Crippen molar-refractivity contribution in [2.24, 2.45) is 15.9 Å². The molecule has 1 saturated carbocycles. The van der Waals surface area contributed by atoms with Gasteiger partial charge in [0, 0.05) is 48.7 Å². The normalized spacial score (nSPS) is 19.2. The van der Waals surface area contributed by atoms with E-state index in [1.54, 1.807) is 14.1 Å². The highest BCUT2D eigenvalue weighted by Gasteiger charge is 2.33. The molecule has 1 aromatic carbocycles. The molecule has 160 valence electrons. The predicted octanol–water partition coefficient (Wildman–Crippen LogP) is 4.56. The first-order chi connectivity index (χ1) is 15.0. The largest absolute Gasteiger partial charge is 0.312 e. The van der Waals surface area contributed by atoms with Crippen LogP contribution in [0.5, 0.6) is 0 Å². The predicted molar refractivity (Wildman–Crippen MR) is 127 cm³/mol. The number of fused-ring (bicyclic) bond motifs is 1. The lowest BCUT2D eigenvalue weighted by molar-refractivity contribution is 0.853. The van der Waals surface area contributed by atoms with Crippen molar-refractivity contribution in [2.75, 3.05) is 19.4 Å². The Balaban J connectivity index is 1.66. The Morgan fingerprint density at radius 3 is 2.65 bits per heavy atom. The fraction of sp³-hybridized carbons (Fsp3) is 0.391. The van der Waals surface area contributed by atoms with Gasteiger partial charge in [0.25, 0.3) is 0 Å². The molecule has 8 heteroatoms. The van der Waals surface area contributed by atoms with Crippen LogP contribution in [0.4, 0.5) is 5.95 Å². The summed E-state index contributed by atoms with van der Waals surface area (Å²) in [5, 5.41) is 20.7. The van der Waals surface area contributed by atoms with E-state index in [0.29, 0.717) is 47.0 Å². The van der Waals surface area contributed by atoms with E-state index in [1.807, 2.05) is 30.5 Å². The molecular weight excluding hydrogens is 410 g/mol. The number of hydrogen-bond acceptors (Lipinski definition) is 6. The number of aryl methyl sites for hydroxylation is 1. The van der Waals surface area contributed by atoms with E-state index in [2.05, 4.69) is 20.3 Å². The van der Waals surface area contributed by atoms with Crippen LogP contribution in [0.25, 0.3) is 0 Å². The van der Waals surface area contributed by atoms with Crippen molar-refractivity contribution < 1.29 is 0 Å². The summed E-state index contributed by atoms with van der Waals surface area (Å²) in [5.41, 5.74) is 4.61. The van der Waals surface area contributed by atoms with Crippen molar-refractivity contribution in [1.82, 2.24) is 9.97 Å². The van der Waals surface area contributed by atoms with Gasteiger partial charge in [-0.25, -0.2) is 9.97 Å². The van der Waals surface area contributed by atoms with Gasteiger partial charge in [-0.15, -0.1) is 0 Å². The summed E-state index contributed by atoms with van der Waals surface area (Å²) in [5.74, 6) is 1.13. The Bertz CT molecular complexity index is 1090. The molecule has 7 nitrogen and oxygen atoms in total. The van der Waals surface area contributed by atoms with E-state index in [4.69, 9.17) is 27.4 Å². The quantitative estimate of drug-likeness (QED) is 0.456. The van der Waals surface area contributed by atoms with Gasteiger partial charge in [0.05, 0.1) is 17.3 Å². The maximum atomic E-state index is 8.67. The molecule has 0 spiro atoms. The number of hydrogen-bond donors (Lipinski definition) is 3. The number of nitrogens with one attached hydrogen (secondary N) is 3. The number of anilines is 1. The Morgan fingerprint density at radius 2 is 1.97 bits per heavy atom. The smallest absolute Gasteiger partial charge is 0.228 e. The first-order valence-electron chi connectivity index (χ1n) is 10.5. The molecular formula is C23H26ClN7. The molecule has 0 radical (unpaired) electrons. The molecule has 3 N–H and O–H groups in total. The zero-order valence-electron chi connectivity index (χ0n) is 17.7. The van der Waals surface area contributed by atoms with Crippen molar-refractivity contribution in [1.29, 1.82) is 10.8 Å². The van der Waals surface area contributed by atoms with Gasteiger partial charge >= 0.3 is 0 Å². The average Bonchev–Trinajstić information content (AvgIpc) is 3.62. The molecule has 4 rings (SSSR count). The van der Waals surface area contributed by atoms with Crippen LogP contribution < -0.4 is 5.32 Å². The van der Waals surface area contributed by atoms with Gasteiger partial charge in [-0.2, -0.15) is 0 Å². The van der Waals surface area contributed by atoms with Crippen LogP contribution >= 0.6 is 11.6 Å². The fourth-order valence-corrected chi connectivity index (χ4v) is 4.17. The second-order valence-corrected chi connectivity index (χ2v) is 8.33. The minimum atomic E-state index is -0.371. The zero-order chi connectivity index (χ0) is 22.0. The van der Waals surface area contributed by atoms with Gasteiger partial charge in [-0.1, -0.05) is 29.8 Å². The molecule has 1 heterocycles. The minimum absolute atomic E-state index is 0.371. The third kappa shape index (κ3) is 4.56. The van der Waals surface area contributed by atoms with Crippen LogP contribution in [0.3, 0.4) is 0 Å². The van der Waals surface area contributed by atoms with Gasteiger partial charge in [0.1, 0.15) is 5.84 Å². The number of nitrogens with zero attached hydrogens (tertiary/aromatic N) is 4. The van der Waals surface area contributed by atoms with Gasteiger partial charge in [0.2, 0.25) is 5.95 Å². The topological polar surface area (TPSA) is 110 Å². The molecule has 2 aliphatic carbocycles.